The Morgan fingerprint density at radius 2 is 2.20 bits per heavy atom. The van der Waals surface area contributed by atoms with Crippen molar-refractivity contribution in [3.05, 3.63) is 48.7 Å². The largest absolute Gasteiger partial charge is 0.489 e. The summed E-state index contributed by atoms with van der Waals surface area (Å²) in [5, 5.41) is 1.21. The molecule has 20 heavy (non-hydrogen) atoms. The second kappa shape index (κ2) is 7.22. The Morgan fingerprint density at radius 1 is 1.35 bits per heavy atom. The van der Waals surface area contributed by atoms with Crippen LogP contribution in [-0.2, 0) is 0 Å². The lowest BCUT2D eigenvalue weighted by Gasteiger charge is -2.10. The number of aryl methyl sites for hydroxylation is 1. The van der Waals surface area contributed by atoms with Gasteiger partial charge in [-0.3, -0.25) is 4.90 Å². The van der Waals surface area contributed by atoms with Crippen LogP contribution in [0, 0.1) is 6.92 Å². The topological polar surface area (TPSA) is 25.4 Å². The molecule has 2 aromatic rings. The van der Waals surface area contributed by atoms with E-state index in [4.69, 9.17) is 4.74 Å². The van der Waals surface area contributed by atoms with Gasteiger partial charge in [0.1, 0.15) is 12.4 Å². The molecular formula is C16H20N2OS. The van der Waals surface area contributed by atoms with Crippen LogP contribution in [0.5, 0.6) is 5.75 Å². The van der Waals surface area contributed by atoms with Gasteiger partial charge >= 0.3 is 0 Å². The average molecular weight is 288 g/mol. The molecule has 0 N–H and O–H groups in total. The minimum Gasteiger partial charge on any atom is -0.489 e. The van der Waals surface area contributed by atoms with E-state index in [-0.39, 0.29) is 0 Å². The van der Waals surface area contributed by atoms with Crippen LogP contribution in [0.4, 0.5) is 0 Å². The van der Waals surface area contributed by atoms with E-state index in [9.17, 15) is 0 Å². The van der Waals surface area contributed by atoms with Crippen molar-refractivity contribution >= 4 is 21.6 Å². The first-order valence-corrected chi connectivity index (χ1v) is 7.41. The van der Waals surface area contributed by atoms with Gasteiger partial charge in [-0.25, -0.2) is 0 Å². The van der Waals surface area contributed by atoms with Crippen LogP contribution in [0.2, 0.25) is 0 Å². The molecule has 1 heterocycles. The number of rotatable bonds is 7. The Morgan fingerprint density at radius 3 is 3.00 bits per heavy atom. The van der Waals surface area contributed by atoms with Crippen LogP contribution in [0.3, 0.4) is 0 Å². The third kappa shape index (κ3) is 3.92. The molecule has 0 radical (unpaired) electrons. The number of likely N-dealkylation sites (N-methyl/N-ethyl adjacent to an activating group) is 1. The molecule has 0 aliphatic rings. The Balaban J connectivity index is 1.83. The van der Waals surface area contributed by atoms with E-state index in [0.717, 1.165) is 24.5 Å². The number of benzene rings is 1. The molecule has 0 spiro atoms. The highest BCUT2D eigenvalue weighted by molar-refractivity contribution is 7.13. The number of ether oxygens (including phenoxy) is 1. The molecule has 0 saturated heterocycles. The molecule has 0 amide bonds. The van der Waals surface area contributed by atoms with Gasteiger partial charge in [-0.2, -0.15) is 4.37 Å². The van der Waals surface area contributed by atoms with Gasteiger partial charge in [0, 0.05) is 18.5 Å². The van der Waals surface area contributed by atoms with Gasteiger partial charge < -0.3 is 4.74 Å². The number of hydrogen-bond acceptors (Lipinski definition) is 4. The highest BCUT2D eigenvalue weighted by Crippen LogP contribution is 2.26. The van der Waals surface area contributed by atoms with E-state index in [1.807, 2.05) is 25.1 Å². The zero-order valence-corrected chi connectivity index (χ0v) is 12.8. The summed E-state index contributed by atoms with van der Waals surface area (Å²) < 4.78 is 11.2. The minimum atomic E-state index is 0.589. The number of hydrogen-bond donors (Lipinski definition) is 0. The van der Waals surface area contributed by atoms with Crippen LogP contribution in [0.15, 0.2) is 43.0 Å². The quantitative estimate of drug-likeness (QED) is 0.727. The lowest BCUT2D eigenvalue weighted by atomic mass is 10.2. The Bertz CT molecular complexity index is 604. The molecular weight excluding hydrogens is 268 g/mol. The van der Waals surface area contributed by atoms with Crippen molar-refractivity contribution < 1.29 is 4.74 Å². The van der Waals surface area contributed by atoms with Crippen molar-refractivity contribution in [2.45, 2.75) is 6.92 Å². The van der Waals surface area contributed by atoms with Crippen LogP contribution >= 0.6 is 11.5 Å². The monoisotopic (exact) mass is 288 g/mol. The maximum absolute atomic E-state index is 5.72. The van der Waals surface area contributed by atoms with Crippen molar-refractivity contribution in [1.82, 2.24) is 9.27 Å². The Labute approximate surface area is 124 Å². The summed E-state index contributed by atoms with van der Waals surface area (Å²) in [6.45, 7) is 8.14. The van der Waals surface area contributed by atoms with Crippen molar-refractivity contribution in [2.75, 3.05) is 26.7 Å². The van der Waals surface area contributed by atoms with Gasteiger partial charge in [0.2, 0.25) is 0 Å². The summed E-state index contributed by atoms with van der Waals surface area (Å²) in [4.78, 5) is 2.18. The zero-order chi connectivity index (χ0) is 14.4. The van der Waals surface area contributed by atoms with Gasteiger partial charge in [-0.1, -0.05) is 18.2 Å². The average Bonchev–Trinajstić information content (AvgIpc) is 2.80. The summed E-state index contributed by atoms with van der Waals surface area (Å²) in [7, 11) is 2.06. The van der Waals surface area contributed by atoms with Gasteiger partial charge in [0.05, 0.1) is 10.4 Å². The Hall–Kier alpha value is -1.65. The molecule has 1 aromatic heterocycles. The Kier molecular flexibility index (Phi) is 5.32. The van der Waals surface area contributed by atoms with E-state index in [2.05, 4.69) is 41.1 Å². The highest BCUT2D eigenvalue weighted by atomic mass is 32.1. The molecule has 0 saturated carbocycles. The maximum atomic E-state index is 5.72. The van der Waals surface area contributed by atoms with Crippen LogP contribution in [0.25, 0.3) is 10.1 Å². The van der Waals surface area contributed by atoms with Gasteiger partial charge in [0.25, 0.3) is 0 Å². The summed E-state index contributed by atoms with van der Waals surface area (Å²) in [6, 6.07) is 6.13. The molecule has 0 atom stereocenters. The fourth-order valence-electron chi connectivity index (χ4n) is 1.90. The van der Waals surface area contributed by atoms with Gasteiger partial charge in [-0.15, -0.1) is 6.58 Å². The first-order chi connectivity index (χ1) is 9.70. The van der Waals surface area contributed by atoms with Crippen LogP contribution < -0.4 is 4.74 Å². The molecule has 0 fully saturated rings. The molecule has 1 aromatic carbocycles. The standard InChI is InChI=1S/C16H20N2OS/c1-4-9-18(3)10-5-6-11-19-14-7-8-15-13(2)17-20-16(15)12-14/h4-8,12H,1,9-11H2,2-3H3/b6-5+. The zero-order valence-electron chi connectivity index (χ0n) is 12.0. The second-order valence-corrected chi connectivity index (χ2v) is 5.52. The van der Waals surface area contributed by atoms with Crippen molar-refractivity contribution in [3.8, 4) is 5.75 Å². The lowest BCUT2D eigenvalue weighted by molar-refractivity contribution is 0.361. The smallest absolute Gasteiger partial charge is 0.121 e. The van der Waals surface area contributed by atoms with Gasteiger partial charge in [0.15, 0.2) is 0 Å². The van der Waals surface area contributed by atoms with Crippen molar-refractivity contribution in [2.24, 2.45) is 0 Å². The molecule has 0 aliphatic heterocycles. The van der Waals surface area contributed by atoms with Crippen LogP contribution in [0.1, 0.15) is 5.69 Å². The highest BCUT2D eigenvalue weighted by Gasteiger charge is 2.02. The molecule has 3 nitrogen and oxygen atoms in total. The van der Waals surface area contributed by atoms with E-state index in [1.165, 1.54) is 21.6 Å². The summed E-state index contributed by atoms with van der Waals surface area (Å²) in [6.07, 6.45) is 6.05. The molecule has 0 aliphatic carbocycles. The lowest BCUT2D eigenvalue weighted by Crippen LogP contribution is -2.17. The fourth-order valence-corrected chi connectivity index (χ4v) is 2.71. The molecule has 106 valence electrons. The molecule has 0 unspecified atom stereocenters. The summed E-state index contributed by atoms with van der Waals surface area (Å²) in [5.41, 5.74) is 1.08. The number of nitrogens with zero attached hydrogens (tertiary/aromatic N) is 2. The summed E-state index contributed by atoms with van der Waals surface area (Å²) >= 11 is 1.52. The van der Waals surface area contributed by atoms with Gasteiger partial charge in [-0.05, 0) is 43.7 Å². The van der Waals surface area contributed by atoms with E-state index < -0.39 is 0 Å². The van der Waals surface area contributed by atoms with Crippen LogP contribution in [-0.4, -0.2) is 36.0 Å². The SMILES string of the molecule is C=CCN(C)C/C=C/COc1ccc2c(C)nsc2c1. The predicted molar refractivity (Wildman–Crippen MR) is 86.7 cm³/mol. The number of aromatic nitrogens is 1. The van der Waals surface area contributed by atoms with E-state index >= 15 is 0 Å². The van der Waals surface area contributed by atoms with Crippen molar-refractivity contribution in [1.29, 1.82) is 0 Å². The molecule has 0 bridgehead atoms. The molecule has 4 heteroatoms. The predicted octanol–water partition coefficient (Wildman–Crippen LogP) is 3.66. The van der Waals surface area contributed by atoms with E-state index in [0.29, 0.717) is 6.61 Å². The first kappa shape index (κ1) is 14.8. The first-order valence-electron chi connectivity index (χ1n) is 6.64. The fraction of sp³-hybridized carbons (Fsp3) is 0.312. The second-order valence-electron chi connectivity index (χ2n) is 4.72. The van der Waals surface area contributed by atoms with Crippen molar-refractivity contribution in [3.63, 3.8) is 0 Å². The van der Waals surface area contributed by atoms with E-state index in [1.54, 1.807) is 0 Å². The minimum absolute atomic E-state index is 0.589. The summed E-state index contributed by atoms with van der Waals surface area (Å²) in [5.74, 6) is 0.894. The number of fused-ring (bicyclic) bond motifs is 1. The normalized spacial score (nSPS) is 11.6. The third-order valence-corrected chi connectivity index (χ3v) is 3.89. The third-order valence-electron chi connectivity index (χ3n) is 2.99. The maximum Gasteiger partial charge on any atom is 0.121 e. The molecule has 2 rings (SSSR count).